The minimum Gasteiger partial charge on any atom is -0.374 e. The fourth-order valence-electron chi connectivity index (χ4n) is 5.26. The number of hydrogen-bond donors (Lipinski definition) is 2. The maximum Gasteiger partial charge on any atom is 0.247 e. The van der Waals surface area contributed by atoms with Crippen LogP contribution < -0.4 is 11.1 Å². The van der Waals surface area contributed by atoms with Crippen LogP contribution in [0.2, 0.25) is 0 Å². The number of ether oxygens (including phenoxy) is 1. The molecule has 39 heavy (non-hydrogen) atoms. The minimum atomic E-state index is -1.17. The van der Waals surface area contributed by atoms with E-state index < -0.39 is 22.9 Å². The van der Waals surface area contributed by atoms with Crippen molar-refractivity contribution in [1.82, 2.24) is 15.1 Å². The molecule has 1 aromatic carbocycles. The molecule has 214 valence electrons. The first-order valence-corrected chi connectivity index (χ1v) is 13.7. The topological polar surface area (TPSA) is 105 Å². The van der Waals surface area contributed by atoms with Crippen molar-refractivity contribution < 1.29 is 19.1 Å². The van der Waals surface area contributed by atoms with Crippen LogP contribution in [0.3, 0.4) is 0 Å². The molecule has 1 aromatic rings. The summed E-state index contributed by atoms with van der Waals surface area (Å²) in [5.41, 5.74) is 6.02. The number of nitrogens with one attached hydrogen (secondary N) is 1. The highest BCUT2D eigenvalue weighted by molar-refractivity contribution is 5.92. The molecule has 0 bridgehead atoms. The van der Waals surface area contributed by atoms with Crippen molar-refractivity contribution in [3.05, 3.63) is 72.9 Å². The number of nitrogens with two attached hydrogens (primary N) is 1. The van der Waals surface area contributed by atoms with Crippen LogP contribution in [0, 0.1) is 5.41 Å². The molecule has 2 aliphatic rings. The third-order valence-electron chi connectivity index (χ3n) is 7.27. The summed E-state index contributed by atoms with van der Waals surface area (Å²) in [6, 6.07) is 9.08. The molecule has 8 nitrogen and oxygen atoms in total. The lowest BCUT2D eigenvalue weighted by Gasteiger charge is -2.43. The minimum absolute atomic E-state index is 0.0201. The number of amides is 3. The number of carbonyl (C=O) groups is 3. The van der Waals surface area contributed by atoms with Gasteiger partial charge in [0.25, 0.3) is 0 Å². The van der Waals surface area contributed by atoms with Crippen molar-refractivity contribution in [3.63, 3.8) is 0 Å². The van der Waals surface area contributed by atoms with Crippen molar-refractivity contribution >= 4 is 17.7 Å². The van der Waals surface area contributed by atoms with Gasteiger partial charge >= 0.3 is 0 Å². The van der Waals surface area contributed by atoms with Gasteiger partial charge < -0.3 is 25.6 Å². The number of hydrogen-bond acceptors (Lipinski definition) is 5. The monoisotopic (exact) mass is 538 g/mol. The van der Waals surface area contributed by atoms with Crippen LogP contribution in [-0.2, 0) is 19.1 Å². The van der Waals surface area contributed by atoms with E-state index in [4.69, 9.17) is 10.5 Å². The Balaban J connectivity index is 0.00000260. The number of nitrogens with zero attached hydrogens (tertiary/aromatic N) is 2. The Morgan fingerprint density at radius 1 is 1.26 bits per heavy atom. The summed E-state index contributed by atoms with van der Waals surface area (Å²) >= 11 is 0. The Bertz CT molecular complexity index is 1050. The van der Waals surface area contributed by atoms with E-state index in [9.17, 15) is 14.4 Å². The molecule has 2 unspecified atom stereocenters. The molecule has 2 heterocycles. The molecule has 0 aromatic heterocycles. The molecule has 0 saturated carbocycles. The molecule has 2 fully saturated rings. The van der Waals surface area contributed by atoms with Gasteiger partial charge in [0, 0.05) is 32.6 Å². The van der Waals surface area contributed by atoms with Crippen LogP contribution in [0.4, 0.5) is 0 Å². The number of piperidine rings is 1. The first kappa shape index (κ1) is 32.0. The van der Waals surface area contributed by atoms with E-state index >= 15 is 0 Å². The standard InChI is InChI=1S/C29H40N4O4.C2H6/c1-6-12-21(7-2)18-37-19-24(31-26(35)28(3,4)30)25(34)33-16-11-15-29(20-33)23(17-32(5)27(29)36)22-13-9-8-10-14-22;1-2/h6-10,12-14,23-24H,1-2,11,15-20,30H2,3-5H3,(H,31,35);1-2H3/b21-12+;/t23?,24-,29?;/m1./s1. The second-order valence-corrected chi connectivity index (χ2v) is 10.6. The lowest BCUT2D eigenvalue weighted by Crippen LogP contribution is -2.60. The maximum atomic E-state index is 13.8. The molecule has 0 aliphatic carbocycles. The number of likely N-dealkylation sites (tertiary alicyclic amines) is 2. The van der Waals surface area contributed by atoms with Crippen LogP contribution >= 0.6 is 0 Å². The van der Waals surface area contributed by atoms with E-state index in [1.54, 1.807) is 41.9 Å². The lowest BCUT2D eigenvalue weighted by molar-refractivity contribution is -0.146. The van der Waals surface area contributed by atoms with Gasteiger partial charge in [-0.05, 0) is 37.8 Å². The molecular formula is C31H46N4O4. The number of rotatable bonds is 10. The average Bonchev–Trinajstić information content (AvgIpc) is 3.17. The van der Waals surface area contributed by atoms with Gasteiger partial charge in [0.15, 0.2) is 0 Å². The molecule has 3 rings (SSSR count). The summed E-state index contributed by atoms with van der Waals surface area (Å²) in [6.07, 6.45) is 6.46. The Morgan fingerprint density at radius 3 is 2.51 bits per heavy atom. The largest absolute Gasteiger partial charge is 0.374 e. The van der Waals surface area contributed by atoms with Crippen molar-refractivity contribution in [1.29, 1.82) is 0 Å². The number of allylic oxidation sites excluding steroid dienone is 2. The second kappa shape index (κ2) is 14.2. The van der Waals surface area contributed by atoms with E-state index in [0.717, 1.165) is 11.1 Å². The van der Waals surface area contributed by atoms with Crippen LogP contribution in [0.1, 0.15) is 52.0 Å². The molecule has 8 heteroatoms. The van der Waals surface area contributed by atoms with E-state index in [1.807, 2.05) is 51.2 Å². The molecule has 0 radical (unpaired) electrons. The average molecular weight is 539 g/mol. The third-order valence-corrected chi connectivity index (χ3v) is 7.27. The summed E-state index contributed by atoms with van der Waals surface area (Å²) in [5, 5.41) is 2.78. The highest BCUT2D eigenvalue weighted by Crippen LogP contribution is 2.49. The highest BCUT2D eigenvalue weighted by Gasteiger charge is 2.55. The first-order valence-electron chi connectivity index (χ1n) is 13.7. The fraction of sp³-hybridized carbons (Fsp3) is 0.516. The fourth-order valence-corrected chi connectivity index (χ4v) is 5.26. The molecule has 3 N–H and O–H groups in total. The zero-order chi connectivity index (χ0) is 29.2. The van der Waals surface area contributed by atoms with Gasteiger partial charge in [0.05, 0.1) is 24.2 Å². The zero-order valence-corrected chi connectivity index (χ0v) is 24.2. The smallest absolute Gasteiger partial charge is 0.247 e. The van der Waals surface area contributed by atoms with Crippen molar-refractivity contribution in [2.24, 2.45) is 11.1 Å². The van der Waals surface area contributed by atoms with Crippen LogP contribution in [0.15, 0.2) is 67.3 Å². The third kappa shape index (κ3) is 7.67. The Kier molecular flexibility index (Phi) is 11.7. The Labute approximate surface area is 233 Å². The van der Waals surface area contributed by atoms with E-state index in [1.165, 1.54) is 0 Å². The first-order chi connectivity index (χ1) is 18.5. The van der Waals surface area contributed by atoms with E-state index in [-0.39, 0.29) is 30.9 Å². The Hall–Kier alpha value is -3.23. The van der Waals surface area contributed by atoms with Gasteiger partial charge in [-0.3, -0.25) is 14.4 Å². The molecule has 2 saturated heterocycles. The van der Waals surface area contributed by atoms with Crippen molar-refractivity contribution in [3.8, 4) is 0 Å². The van der Waals surface area contributed by atoms with Gasteiger partial charge in [-0.2, -0.15) is 0 Å². The SMILES string of the molecule is C=C/C=C(\C=C)COC[C@@H](NC(=O)C(C)(C)N)C(=O)N1CCCC2(C1)C(=O)N(C)CC2c1ccccc1.CC. The second-order valence-electron chi connectivity index (χ2n) is 10.6. The quantitative estimate of drug-likeness (QED) is 0.444. The predicted molar refractivity (Wildman–Crippen MR) is 156 cm³/mol. The maximum absolute atomic E-state index is 13.8. The molecular weight excluding hydrogens is 492 g/mol. The van der Waals surface area contributed by atoms with E-state index in [0.29, 0.717) is 32.5 Å². The van der Waals surface area contributed by atoms with Gasteiger partial charge in [-0.1, -0.05) is 75.6 Å². The summed E-state index contributed by atoms with van der Waals surface area (Å²) in [5.74, 6) is -0.693. The van der Waals surface area contributed by atoms with E-state index in [2.05, 4.69) is 18.5 Å². The zero-order valence-electron chi connectivity index (χ0n) is 24.2. The van der Waals surface area contributed by atoms with Crippen LogP contribution in [0.5, 0.6) is 0 Å². The normalized spacial score (nSPS) is 22.2. The molecule has 2 aliphatic heterocycles. The summed E-state index contributed by atoms with van der Waals surface area (Å²) in [7, 11) is 1.82. The molecule has 1 spiro atoms. The Morgan fingerprint density at radius 2 is 1.92 bits per heavy atom. The summed E-state index contributed by atoms with van der Waals surface area (Å²) < 4.78 is 5.81. The number of likely N-dealkylation sites (N-methyl/N-ethyl adjacent to an activating group) is 1. The summed E-state index contributed by atoms with van der Waals surface area (Å²) in [4.78, 5) is 43.5. The van der Waals surface area contributed by atoms with Gasteiger partial charge in [-0.25, -0.2) is 0 Å². The van der Waals surface area contributed by atoms with Crippen LogP contribution in [-0.4, -0.2) is 79.0 Å². The molecule has 3 amide bonds. The lowest BCUT2D eigenvalue weighted by atomic mass is 9.69. The van der Waals surface area contributed by atoms with Crippen LogP contribution in [0.25, 0.3) is 0 Å². The van der Waals surface area contributed by atoms with Gasteiger partial charge in [-0.15, -0.1) is 0 Å². The van der Waals surface area contributed by atoms with Crippen molar-refractivity contribution in [2.45, 2.75) is 58.0 Å². The van der Waals surface area contributed by atoms with Crippen molar-refractivity contribution in [2.75, 3.05) is 39.9 Å². The highest BCUT2D eigenvalue weighted by atomic mass is 16.5. The molecule has 3 atom stereocenters. The number of benzene rings is 1. The van der Waals surface area contributed by atoms with Gasteiger partial charge in [0.2, 0.25) is 17.7 Å². The van der Waals surface area contributed by atoms with Gasteiger partial charge in [0.1, 0.15) is 6.04 Å². The predicted octanol–water partition coefficient (Wildman–Crippen LogP) is 3.41. The summed E-state index contributed by atoms with van der Waals surface area (Å²) in [6.45, 7) is 16.2. The number of carbonyl (C=O) groups excluding carboxylic acids is 3.